The van der Waals surface area contributed by atoms with E-state index in [9.17, 15) is 4.79 Å². The van der Waals surface area contributed by atoms with E-state index in [0.29, 0.717) is 22.7 Å². The van der Waals surface area contributed by atoms with Crippen LogP contribution in [0.5, 0.6) is 5.75 Å². The summed E-state index contributed by atoms with van der Waals surface area (Å²) in [5.41, 5.74) is 4.65. The van der Waals surface area contributed by atoms with Crippen LogP contribution in [0.4, 0.5) is 5.69 Å². The zero-order valence-electron chi connectivity index (χ0n) is 18.7. The molecule has 3 aromatic rings. The molecule has 5 rings (SSSR count). The van der Waals surface area contributed by atoms with Crippen molar-refractivity contribution in [3.8, 4) is 11.8 Å². The van der Waals surface area contributed by atoms with Gasteiger partial charge in [0.2, 0.25) is 0 Å². The van der Waals surface area contributed by atoms with Crippen LogP contribution in [0, 0.1) is 18.3 Å². The first-order chi connectivity index (χ1) is 16.0. The number of amides is 1. The number of nitriles is 1. The van der Waals surface area contributed by atoms with E-state index in [1.807, 2.05) is 48.2 Å². The Balaban J connectivity index is 1.38. The summed E-state index contributed by atoms with van der Waals surface area (Å²) in [4.78, 5) is 18.4. The predicted octanol–water partition coefficient (Wildman–Crippen LogP) is 3.92. The highest BCUT2D eigenvalue weighted by atomic mass is 32.1. The second-order valence-electron chi connectivity index (χ2n) is 8.83. The molecule has 168 valence electrons. The van der Waals surface area contributed by atoms with E-state index < -0.39 is 0 Å². The predicted molar refractivity (Wildman–Crippen MR) is 127 cm³/mol. The first-order valence-electron chi connectivity index (χ1n) is 11.0. The Morgan fingerprint density at radius 3 is 2.61 bits per heavy atom. The number of aromatic nitrogens is 2. The van der Waals surface area contributed by atoms with Crippen LogP contribution < -0.4 is 9.64 Å². The van der Waals surface area contributed by atoms with Crippen molar-refractivity contribution in [3.05, 3.63) is 69.7 Å². The highest BCUT2D eigenvalue weighted by molar-refractivity contribution is 7.08. The third-order valence-corrected chi connectivity index (χ3v) is 7.74. The molecule has 0 unspecified atom stereocenters. The fraction of sp³-hybridized carbons (Fsp3) is 0.360. The summed E-state index contributed by atoms with van der Waals surface area (Å²) in [6, 6.07) is 16.0. The fourth-order valence-electron chi connectivity index (χ4n) is 5.02. The summed E-state index contributed by atoms with van der Waals surface area (Å²) in [5, 5.41) is 13.1. The van der Waals surface area contributed by atoms with Gasteiger partial charge in [-0.05, 0) is 85.8 Å². The number of aryl methyl sites for hydroxylation is 1. The molecule has 2 aliphatic heterocycles. The smallest absolute Gasteiger partial charge is 0.271 e. The van der Waals surface area contributed by atoms with E-state index in [0.717, 1.165) is 55.4 Å². The van der Waals surface area contributed by atoms with Crippen LogP contribution in [0.15, 0.2) is 42.5 Å². The Bertz CT molecular complexity index is 1220. The van der Waals surface area contributed by atoms with Crippen LogP contribution in [-0.2, 0) is 12.0 Å². The molecule has 3 heterocycles. The Morgan fingerprint density at radius 1 is 1.21 bits per heavy atom. The summed E-state index contributed by atoms with van der Waals surface area (Å²) in [6.07, 6.45) is 1.93. The number of carbonyl (C=O) groups is 1. The van der Waals surface area contributed by atoms with Crippen molar-refractivity contribution < 1.29 is 9.53 Å². The van der Waals surface area contributed by atoms with Crippen molar-refractivity contribution in [2.24, 2.45) is 0 Å². The molecule has 0 bridgehead atoms. The number of piperidine rings is 1. The first-order valence-corrected chi connectivity index (χ1v) is 11.8. The van der Waals surface area contributed by atoms with Crippen LogP contribution in [0.25, 0.3) is 0 Å². The third-order valence-electron chi connectivity index (χ3n) is 6.92. The number of nitrogens with zero attached hydrogens (tertiary/aromatic N) is 5. The maximum atomic E-state index is 13.4. The van der Waals surface area contributed by atoms with E-state index in [1.54, 1.807) is 7.11 Å². The summed E-state index contributed by atoms with van der Waals surface area (Å²) in [5.74, 6) is 0.795. The van der Waals surface area contributed by atoms with Crippen molar-refractivity contribution in [3.63, 3.8) is 0 Å². The number of ether oxygens (including phenoxy) is 1. The second kappa shape index (κ2) is 8.58. The molecule has 1 saturated heterocycles. The molecule has 2 aliphatic rings. The number of likely N-dealkylation sites (tertiary alicyclic amines) is 1. The molecule has 0 radical (unpaired) electrons. The summed E-state index contributed by atoms with van der Waals surface area (Å²) >= 11 is 1.16. The van der Waals surface area contributed by atoms with Crippen LogP contribution >= 0.6 is 11.5 Å². The molecule has 2 aromatic carbocycles. The zero-order chi connectivity index (χ0) is 23.0. The number of rotatable bonds is 4. The number of benzene rings is 2. The lowest BCUT2D eigenvalue weighted by atomic mass is 9.74. The maximum absolute atomic E-state index is 13.4. The summed E-state index contributed by atoms with van der Waals surface area (Å²) < 4.78 is 9.49. The van der Waals surface area contributed by atoms with E-state index in [4.69, 9.17) is 10.00 Å². The van der Waals surface area contributed by atoms with Gasteiger partial charge in [0.05, 0.1) is 24.4 Å². The lowest BCUT2D eigenvalue weighted by molar-refractivity contribution is 0.0978. The van der Waals surface area contributed by atoms with Crippen molar-refractivity contribution in [2.45, 2.75) is 31.7 Å². The van der Waals surface area contributed by atoms with E-state index in [-0.39, 0.29) is 11.3 Å². The van der Waals surface area contributed by atoms with Gasteiger partial charge in [-0.25, -0.2) is 0 Å². The normalized spacial score (nSPS) is 17.1. The van der Waals surface area contributed by atoms with Gasteiger partial charge in [0, 0.05) is 24.2 Å². The average Bonchev–Trinajstić information content (AvgIpc) is 3.42. The lowest BCUT2D eigenvalue weighted by Gasteiger charge is -2.40. The summed E-state index contributed by atoms with van der Waals surface area (Å²) in [7, 11) is 1.68. The first kappa shape index (κ1) is 21.6. The van der Waals surface area contributed by atoms with Gasteiger partial charge < -0.3 is 9.64 Å². The zero-order valence-corrected chi connectivity index (χ0v) is 19.6. The minimum atomic E-state index is -0.0906. The molecule has 0 aliphatic carbocycles. The number of carbonyl (C=O) groups excluding carboxylic acids is 1. The highest BCUT2D eigenvalue weighted by Crippen LogP contribution is 2.49. The van der Waals surface area contributed by atoms with E-state index >= 15 is 0 Å². The molecule has 33 heavy (non-hydrogen) atoms. The Hall–Kier alpha value is -3.28. The molecule has 1 spiro atoms. The Labute approximate surface area is 197 Å². The fourth-order valence-corrected chi connectivity index (χ4v) is 5.62. The molecule has 1 fully saturated rings. The molecule has 0 atom stereocenters. The molecular weight excluding hydrogens is 434 g/mol. The Morgan fingerprint density at radius 2 is 1.97 bits per heavy atom. The molecule has 8 heteroatoms. The average molecular weight is 460 g/mol. The minimum absolute atomic E-state index is 0.0224. The van der Waals surface area contributed by atoms with Crippen molar-refractivity contribution in [2.75, 3.05) is 31.6 Å². The molecule has 0 saturated carbocycles. The number of anilines is 1. The summed E-state index contributed by atoms with van der Waals surface area (Å²) in [6.45, 7) is 5.25. The molecular formula is C25H25N5O2S. The third kappa shape index (κ3) is 3.88. The van der Waals surface area contributed by atoms with Gasteiger partial charge >= 0.3 is 0 Å². The SMILES string of the molecule is COc1ccc2c(c1)C1(CCN(Cc3ccc(C#N)cc3)CC1)CN2C(=O)c1snnc1C. The highest BCUT2D eigenvalue weighted by Gasteiger charge is 2.47. The molecule has 0 N–H and O–H groups in total. The standard InChI is InChI=1S/C25H25N5O2S/c1-17-23(33-28-27-17)24(31)30-16-25(21-13-20(32-2)7-8-22(21)30)9-11-29(12-10-25)15-19-5-3-18(14-26)4-6-19/h3-8,13H,9-12,15-16H2,1-2H3. The number of fused-ring (bicyclic) bond motifs is 2. The van der Waals surface area contributed by atoms with Gasteiger partial charge in [-0.2, -0.15) is 5.26 Å². The quantitative estimate of drug-likeness (QED) is 0.588. The van der Waals surface area contributed by atoms with Crippen molar-refractivity contribution in [1.82, 2.24) is 14.5 Å². The number of methoxy groups -OCH3 is 1. The molecule has 7 nitrogen and oxygen atoms in total. The number of hydrogen-bond donors (Lipinski definition) is 0. The molecule has 1 aromatic heterocycles. The Kier molecular flexibility index (Phi) is 5.60. The topological polar surface area (TPSA) is 82.4 Å². The van der Waals surface area contributed by atoms with Gasteiger partial charge in [-0.3, -0.25) is 9.69 Å². The van der Waals surface area contributed by atoms with E-state index in [1.165, 1.54) is 11.1 Å². The van der Waals surface area contributed by atoms with Gasteiger partial charge in [-0.1, -0.05) is 16.6 Å². The van der Waals surface area contributed by atoms with Gasteiger partial charge in [0.15, 0.2) is 0 Å². The van der Waals surface area contributed by atoms with Crippen LogP contribution in [0.3, 0.4) is 0 Å². The van der Waals surface area contributed by atoms with Crippen molar-refractivity contribution >= 4 is 23.1 Å². The van der Waals surface area contributed by atoms with Crippen molar-refractivity contribution in [1.29, 1.82) is 5.26 Å². The largest absolute Gasteiger partial charge is 0.497 e. The monoisotopic (exact) mass is 459 g/mol. The van der Waals surface area contributed by atoms with Crippen LogP contribution in [0.2, 0.25) is 0 Å². The lowest BCUT2D eigenvalue weighted by Crippen LogP contribution is -2.45. The van der Waals surface area contributed by atoms with Gasteiger partial charge in [-0.15, -0.1) is 5.10 Å². The van der Waals surface area contributed by atoms with Gasteiger partial charge in [0.25, 0.3) is 5.91 Å². The van der Waals surface area contributed by atoms with Gasteiger partial charge in [0.1, 0.15) is 10.6 Å². The van der Waals surface area contributed by atoms with Crippen LogP contribution in [-0.4, -0.2) is 47.1 Å². The molecule has 1 amide bonds. The minimum Gasteiger partial charge on any atom is -0.497 e. The second-order valence-corrected chi connectivity index (χ2v) is 9.58. The maximum Gasteiger partial charge on any atom is 0.271 e. The van der Waals surface area contributed by atoms with Crippen LogP contribution in [0.1, 0.15) is 44.9 Å². The number of hydrogen-bond acceptors (Lipinski definition) is 7. The van der Waals surface area contributed by atoms with E-state index in [2.05, 4.69) is 26.6 Å².